The molecule has 8 heteroatoms. The van der Waals surface area contributed by atoms with Crippen molar-refractivity contribution in [2.75, 3.05) is 37.7 Å². The molecule has 1 N–H and O–H groups in total. The molecule has 3 aliphatic heterocycles. The van der Waals surface area contributed by atoms with Gasteiger partial charge in [0.15, 0.2) is 5.13 Å². The van der Waals surface area contributed by atoms with E-state index in [4.69, 9.17) is 14.5 Å². The fourth-order valence-corrected chi connectivity index (χ4v) is 7.41. The molecule has 0 radical (unpaired) electrons. The quantitative estimate of drug-likeness (QED) is 0.361. The normalized spacial score (nSPS) is 23.8. The number of rotatable bonds is 7. The molecule has 2 aromatic carbocycles. The zero-order valence-electron chi connectivity index (χ0n) is 24.4. The summed E-state index contributed by atoms with van der Waals surface area (Å²) in [5.41, 5.74) is 6.38. The summed E-state index contributed by atoms with van der Waals surface area (Å²) in [7, 11) is 0. The number of aromatic nitrogens is 1. The third-order valence-electron chi connectivity index (χ3n) is 9.62. The van der Waals surface area contributed by atoms with Crippen LogP contribution in [-0.4, -0.2) is 59.8 Å². The highest BCUT2D eigenvalue weighted by Gasteiger charge is 2.43. The van der Waals surface area contributed by atoms with Crippen LogP contribution in [0.3, 0.4) is 0 Å². The van der Waals surface area contributed by atoms with Gasteiger partial charge in [-0.15, -0.1) is 11.3 Å². The van der Waals surface area contributed by atoms with Crippen molar-refractivity contribution in [1.82, 2.24) is 9.88 Å². The molecule has 0 amide bonds. The zero-order chi connectivity index (χ0) is 28.6. The molecule has 3 aromatic rings. The topological polar surface area (TPSA) is 75.1 Å². The van der Waals surface area contributed by atoms with Crippen LogP contribution in [0.1, 0.15) is 55.4 Å². The van der Waals surface area contributed by atoms with Gasteiger partial charge >= 0.3 is 5.97 Å². The number of aliphatic carboxylic acids is 1. The number of para-hydroxylation sites is 1. The minimum Gasteiger partial charge on any atom is -0.488 e. The number of carboxylic acid groups (broad SMARTS) is 1. The van der Waals surface area contributed by atoms with Crippen LogP contribution in [0.15, 0.2) is 41.8 Å². The Balaban J connectivity index is 1.14. The third-order valence-corrected chi connectivity index (χ3v) is 10.5. The summed E-state index contributed by atoms with van der Waals surface area (Å²) in [5.74, 6) is 0.209. The van der Waals surface area contributed by atoms with Gasteiger partial charge < -0.3 is 19.5 Å². The van der Waals surface area contributed by atoms with Crippen LogP contribution in [0, 0.1) is 18.3 Å². The van der Waals surface area contributed by atoms with Crippen molar-refractivity contribution in [2.24, 2.45) is 11.3 Å². The van der Waals surface area contributed by atoms with E-state index in [1.54, 1.807) is 11.3 Å². The zero-order valence-corrected chi connectivity index (χ0v) is 25.2. The van der Waals surface area contributed by atoms with Gasteiger partial charge in [-0.2, -0.15) is 0 Å². The van der Waals surface area contributed by atoms with Crippen molar-refractivity contribution >= 4 is 22.4 Å². The number of carbonyl (C=O) groups is 1. The number of hydrogen-bond acceptors (Lipinski definition) is 7. The third kappa shape index (κ3) is 5.74. The van der Waals surface area contributed by atoms with Gasteiger partial charge in [-0.05, 0) is 73.8 Å². The van der Waals surface area contributed by atoms with Crippen LogP contribution in [-0.2, 0) is 29.1 Å². The highest BCUT2D eigenvalue weighted by molar-refractivity contribution is 7.14. The summed E-state index contributed by atoms with van der Waals surface area (Å²) in [6.07, 6.45) is 3.98. The minimum absolute atomic E-state index is 0.0421. The summed E-state index contributed by atoms with van der Waals surface area (Å²) in [6.45, 7) is 11.8. The predicted octanol–water partition coefficient (Wildman–Crippen LogP) is 6.17. The van der Waals surface area contributed by atoms with Crippen molar-refractivity contribution < 1.29 is 19.4 Å². The number of carboxylic acids is 1. The SMILES string of the molecule is Cc1cccc(-c2csc(N3CC[C@](C)(C(=O)O)[C@@H](C)C3)n2)c1OCc1ccc2c(c1)CCN(C1CCOCC1)C2. The maximum absolute atomic E-state index is 11.8. The second-order valence-corrected chi connectivity index (χ2v) is 13.1. The molecule has 0 bridgehead atoms. The number of hydrogen-bond donors (Lipinski definition) is 1. The molecule has 3 aliphatic rings. The van der Waals surface area contributed by atoms with E-state index in [0.29, 0.717) is 32.2 Å². The van der Waals surface area contributed by atoms with E-state index >= 15 is 0 Å². The van der Waals surface area contributed by atoms with Crippen molar-refractivity contribution in [3.63, 3.8) is 0 Å². The Kier molecular flexibility index (Phi) is 8.07. The van der Waals surface area contributed by atoms with E-state index in [1.165, 1.54) is 16.7 Å². The van der Waals surface area contributed by atoms with Gasteiger partial charge in [0.25, 0.3) is 0 Å². The lowest BCUT2D eigenvalue weighted by molar-refractivity contribution is -0.152. The Bertz CT molecular complexity index is 1400. The molecule has 0 unspecified atom stereocenters. The summed E-state index contributed by atoms with van der Waals surface area (Å²) in [4.78, 5) is 21.7. The van der Waals surface area contributed by atoms with Crippen molar-refractivity contribution in [2.45, 2.75) is 65.6 Å². The average Bonchev–Trinajstić information content (AvgIpc) is 3.48. The first-order valence-corrected chi connectivity index (χ1v) is 15.8. The van der Waals surface area contributed by atoms with Crippen LogP contribution >= 0.6 is 11.3 Å². The summed E-state index contributed by atoms with van der Waals surface area (Å²) < 4.78 is 12.1. The molecule has 4 heterocycles. The smallest absolute Gasteiger partial charge is 0.309 e. The fraction of sp³-hybridized carbons (Fsp3) is 0.515. The first-order valence-electron chi connectivity index (χ1n) is 14.9. The Morgan fingerprint density at radius 2 is 2.02 bits per heavy atom. The molecule has 0 spiro atoms. The largest absolute Gasteiger partial charge is 0.488 e. The Morgan fingerprint density at radius 1 is 1.20 bits per heavy atom. The van der Waals surface area contributed by atoms with Crippen molar-refractivity contribution in [3.05, 3.63) is 64.0 Å². The molecule has 218 valence electrons. The number of aryl methyl sites for hydroxylation is 1. The van der Waals surface area contributed by atoms with E-state index in [9.17, 15) is 9.90 Å². The maximum atomic E-state index is 11.8. The van der Waals surface area contributed by atoms with Crippen LogP contribution in [0.2, 0.25) is 0 Å². The lowest BCUT2D eigenvalue weighted by Crippen LogP contribution is -2.48. The van der Waals surface area contributed by atoms with E-state index < -0.39 is 11.4 Å². The van der Waals surface area contributed by atoms with E-state index in [0.717, 1.165) is 73.3 Å². The summed E-state index contributed by atoms with van der Waals surface area (Å²) in [5, 5.41) is 12.8. The average molecular weight is 576 g/mol. The number of anilines is 1. The monoisotopic (exact) mass is 575 g/mol. The van der Waals surface area contributed by atoms with Gasteiger partial charge in [0.05, 0.1) is 11.1 Å². The van der Waals surface area contributed by atoms with Crippen molar-refractivity contribution in [1.29, 1.82) is 0 Å². The van der Waals surface area contributed by atoms with Crippen LogP contribution in [0.4, 0.5) is 5.13 Å². The predicted molar refractivity (Wildman–Crippen MR) is 163 cm³/mol. The molecule has 2 saturated heterocycles. The lowest BCUT2D eigenvalue weighted by atomic mass is 9.73. The molecule has 7 nitrogen and oxygen atoms in total. The van der Waals surface area contributed by atoms with E-state index in [1.807, 2.05) is 13.8 Å². The molecule has 2 atom stereocenters. The minimum atomic E-state index is -0.707. The van der Waals surface area contributed by atoms with Gasteiger partial charge in [-0.1, -0.05) is 37.3 Å². The number of piperidine rings is 1. The molecule has 0 saturated carbocycles. The number of ether oxygens (including phenoxy) is 2. The standard InChI is InChI=1S/C33H41N3O4S/c1-22-5-4-6-28(29-21-41-32(34-29)36-14-12-33(3,31(37)38)23(2)18-36)30(22)40-20-24-7-8-26-19-35(13-9-25(26)17-24)27-10-15-39-16-11-27/h4-8,17,21,23,27H,9-16,18-20H2,1-3H3,(H,37,38)/t23-,33-/m0/s1. The highest BCUT2D eigenvalue weighted by atomic mass is 32.1. The second kappa shape index (κ2) is 11.7. The first-order chi connectivity index (χ1) is 19.8. The van der Waals surface area contributed by atoms with Gasteiger partial charge in [0.2, 0.25) is 0 Å². The second-order valence-electron chi connectivity index (χ2n) is 12.2. The Morgan fingerprint density at radius 3 is 2.80 bits per heavy atom. The van der Waals surface area contributed by atoms with Gasteiger partial charge in [0.1, 0.15) is 12.4 Å². The van der Waals surface area contributed by atoms with E-state index in [-0.39, 0.29) is 5.92 Å². The molecule has 1 aromatic heterocycles. The maximum Gasteiger partial charge on any atom is 0.309 e. The van der Waals surface area contributed by atoms with Crippen LogP contribution in [0.5, 0.6) is 5.75 Å². The summed E-state index contributed by atoms with van der Waals surface area (Å²) in [6, 6.07) is 13.7. The number of fused-ring (bicyclic) bond motifs is 1. The van der Waals surface area contributed by atoms with Crippen LogP contribution in [0.25, 0.3) is 11.3 Å². The number of thiazole rings is 1. The molecule has 6 rings (SSSR count). The number of benzene rings is 2. The molecular formula is C33H41N3O4S. The fourth-order valence-electron chi connectivity index (χ4n) is 6.54. The lowest BCUT2D eigenvalue weighted by Gasteiger charge is -2.41. The highest BCUT2D eigenvalue weighted by Crippen LogP contribution is 2.41. The molecular weight excluding hydrogens is 534 g/mol. The van der Waals surface area contributed by atoms with E-state index in [2.05, 4.69) is 58.5 Å². The summed E-state index contributed by atoms with van der Waals surface area (Å²) >= 11 is 1.62. The van der Waals surface area contributed by atoms with Crippen molar-refractivity contribution in [3.8, 4) is 17.0 Å². The molecule has 2 fully saturated rings. The van der Waals surface area contributed by atoms with Crippen LogP contribution < -0.4 is 9.64 Å². The first kappa shape index (κ1) is 28.2. The van der Waals surface area contributed by atoms with Gasteiger partial charge in [-0.25, -0.2) is 4.98 Å². The number of nitrogens with zero attached hydrogens (tertiary/aromatic N) is 3. The van der Waals surface area contributed by atoms with Gasteiger partial charge in [0, 0.05) is 56.4 Å². The molecule has 41 heavy (non-hydrogen) atoms. The Hall–Kier alpha value is -2.94. The Labute approximate surface area is 247 Å². The van der Waals surface area contributed by atoms with Gasteiger partial charge in [-0.3, -0.25) is 9.69 Å². The molecule has 0 aliphatic carbocycles.